The van der Waals surface area contributed by atoms with Gasteiger partial charge < -0.3 is 9.29 Å². The highest BCUT2D eigenvalue weighted by molar-refractivity contribution is 7.94. The summed E-state index contributed by atoms with van der Waals surface area (Å²) in [7, 11) is 0. The molecule has 0 unspecified atom stereocenters. The van der Waals surface area contributed by atoms with Crippen molar-refractivity contribution in [1.29, 1.82) is 0 Å². The lowest BCUT2D eigenvalue weighted by Gasteiger charge is -2.13. The molecule has 1 N–H and O–H groups in total. The van der Waals surface area contributed by atoms with Crippen LogP contribution in [0.5, 0.6) is 0 Å². The van der Waals surface area contributed by atoms with E-state index in [-0.39, 0.29) is 0 Å². The van der Waals surface area contributed by atoms with Crippen LogP contribution in [0.2, 0.25) is 0 Å². The van der Waals surface area contributed by atoms with Crippen LogP contribution in [0.4, 0.5) is 0 Å². The zero-order valence-corrected chi connectivity index (χ0v) is 6.40. The predicted octanol–water partition coefficient (Wildman–Crippen LogP) is 1.41. The number of aliphatic carboxylic acids is 1. The van der Waals surface area contributed by atoms with Gasteiger partial charge >= 0.3 is 5.97 Å². The summed E-state index contributed by atoms with van der Waals surface area (Å²) in [5, 5.41) is 8.56. The molecule has 4 heteroatoms. The van der Waals surface area contributed by atoms with Crippen molar-refractivity contribution in [3.8, 4) is 0 Å². The molecule has 0 bridgehead atoms. The third-order valence-corrected chi connectivity index (χ3v) is 2.04. The minimum atomic E-state index is -0.863. The standard InChI is InChI=1S/C6H8O3S/c1-4-5(6(7)8)2-3-10-9-4/h2-3H2,1H3,(H,7,8). The van der Waals surface area contributed by atoms with E-state index < -0.39 is 5.97 Å². The molecule has 1 rings (SSSR count). The zero-order valence-electron chi connectivity index (χ0n) is 5.59. The molecule has 10 heavy (non-hydrogen) atoms. The lowest BCUT2D eigenvalue weighted by Crippen LogP contribution is -2.08. The summed E-state index contributed by atoms with van der Waals surface area (Å²) in [6.07, 6.45) is 0.603. The Kier molecular flexibility index (Phi) is 2.21. The summed E-state index contributed by atoms with van der Waals surface area (Å²) in [5.41, 5.74) is 0.402. The summed E-state index contributed by atoms with van der Waals surface area (Å²) < 4.78 is 4.97. The Morgan fingerprint density at radius 3 is 2.90 bits per heavy atom. The average Bonchev–Trinajstić information content (AvgIpc) is 1.88. The van der Waals surface area contributed by atoms with Crippen molar-refractivity contribution in [3.05, 3.63) is 11.3 Å². The fourth-order valence-electron chi connectivity index (χ4n) is 0.758. The first-order valence-electron chi connectivity index (χ1n) is 2.94. The molecule has 0 atom stereocenters. The van der Waals surface area contributed by atoms with Gasteiger partial charge in [0, 0.05) is 5.75 Å². The molecule has 0 amide bonds. The zero-order chi connectivity index (χ0) is 7.56. The first-order valence-corrected chi connectivity index (χ1v) is 3.85. The molecule has 0 aromatic heterocycles. The van der Waals surface area contributed by atoms with Crippen LogP contribution in [-0.4, -0.2) is 16.8 Å². The van der Waals surface area contributed by atoms with Crippen molar-refractivity contribution in [3.63, 3.8) is 0 Å². The number of hydrogen-bond acceptors (Lipinski definition) is 3. The largest absolute Gasteiger partial charge is 0.478 e. The molecule has 0 saturated heterocycles. The molecule has 1 heterocycles. The lowest BCUT2D eigenvalue weighted by molar-refractivity contribution is -0.133. The monoisotopic (exact) mass is 160 g/mol. The van der Waals surface area contributed by atoms with E-state index in [9.17, 15) is 4.79 Å². The Morgan fingerprint density at radius 1 is 1.80 bits per heavy atom. The number of allylic oxidation sites excluding steroid dienone is 1. The molecule has 1 aliphatic rings. The summed E-state index contributed by atoms with van der Waals surface area (Å²) in [5.74, 6) is 0.403. The normalized spacial score (nSPS) is 18.5. The molecule has 0 radical (unpaired) electrons. The highest BCUT2D eigenvalue weighted by Crippen LogP contribution is 2.24. The fraction of sp³-hybridized carbons (Fsp3) is 0.500. The molecule has 1 aliphatic heterocycles. The average molecular weight is 160 g/mol. The molecule has 0 spiro atoms. The highest BCUT2D eigenvalue weighted by atomic mass is 32.2. The van der Waals surface area contributed by atoms with Gasteiger partial charge in [0.1, 0.15) is 5.76 Å². The Balaban J connectivity index is 2.78. The summed E-state index contributed by atoms with van der Waals surface area (Å²) in [6.45, 7) is 1.68. The SMILES string of the molecule is CC1=C(C(=O)O)CCSO1. The van der Waals surface area contributed by atoms with Crippen LogP contribution in [0, 0.1) is 0 Å². The number of hydrogen-bond donors (Lipinski definition) is 1. The van der Waals surface area contributed by atoms with Gasteiger partial charge in [0.2, 0.25) is 0 Å². The Labute approximate surface area is 63.3 Å². The van der Waals surface area contributed by atoms with Crippen LogP contribution in [0.3, 0.4) is 0 Å². The first-order chi connectivity index (χ1) is 4.72. The molecule has 56 valence electrons. The van der Waals surface area contributed by atoms with E-state index in [2.05, 4.69) is 0 Å². The molecule has 3 nitrogen and oxygen atoms in total. The van der Waals surface area contributed by atoms with Crippen molar-refractivity contribution in [2.45, 2.75) is 13.3 Å². The highest BCUT2D eigenvalue weighted by Gasteiger charge is 2.16. The van der Waals surface area contributed by atoms with Gasteiger partial charge in [-0.05, 0) is 13.3 Å². The van der Waals surface area contributed by atoms with Crippen LogP contribution in [-0.2, 0) is 8.98 Å². The summed E-state index contributed by atoms with van der Waals surface area (Å²) >= 11 is 1.30. The van der Waals surface area contributed by atoms with Gasteiger partial charge in [0.25, 0.3) is 0 Å². The number of carboxylic acids is 1. The van der Waals surface area contributed by atoms with Crippen molar-refractivity contribution < 1.29 is 14.1 Å². The van der Waals surface area contributed by atoms with Gasteiger partial charge in [0.05, 0.1) is 17.6 Å². The minimum absolute atomic E-state index is 0.402. The third kappa shape index (κ3) is 1.44. The maximum absolute atomic E-state index is 10.4. The Morgan fingerprint density at radius 2 is 2.50 bits per heavy atom. The van der Waals surface area contributed by atoms with Crippen LogP contribution in [0.15, 0.2) is 11.3 Å². The second-order valence-electron chi connectivity index (χ2n) is 2.00. The second-order valence-corrected chi connectivity index (χ2v) is 2.81. The molecular weight excluding hydrogens is 152 g/mol. The van der Waals surface area contributed by atoms with Gasteiger partial charge in [0.15, 0.2) is 0 Å². The molecule has 0 aliphatic carbocycles. The van der Waals surface area contributed by atoms with E-state index in [4.69, 9.17) is 9.29 Å². The van der Waals surface area contributed by atoms with Gasteiger partial charge in [-0.2, -0.15) is 0 Å². The Bertz CT molecular complexity index is 185. The van der Waals surface area contributed by atoms with E-state index in [0.717, 1.165) is 5.75 Å². The third-order valence-electron chi connectivity index (χ3n) is 1.30. The van der Waals surface area contributed by atoms with Crippen molar-refractivity contribution in [1.82, 2.24) is 0 Å². The van der Waals surface area contributed by atoms with Gasteiger partial charge in [-0.1, -0.05) is 0 Å². The second kappa shape index (κ2) is 2.96. The fourth-order valence-corrected chi connectivity index (χ4v) is 1.41. The smallest absolute Gasteiger partial charge is 0.335 e. The van der Waals surface area contributed by atoms with E-state index in [0.29, 0.717) is 17.8 Å². The van der Waals surface area contributed by atoms with E-state index in [1.807, 2.05) is 0 Å². The molecular formula is C6H8O3S. The van der Waals surface area contributed by atoms with E-state index in [1.165, 1.54) is 12.0 Å². The number of carbonyl (C=O) groups is 1. The lowest BCUT2D eigenvalue weighted by atomic mass is 10.2. The maximum atomic E-state index is 10.4. The predicted molar refractivity (Wildman–Crippen MR) is 38.5 cm³/mol. The Hall–Kier alpha value is -0.640. The number of rotatable bonds is 1. The van der Waals surface area contributed by atoms with Crippen LogP contribution in [0.25, 0.3) is 0 Å². The minimum Gasteiger partial charge on any atom is -0.478 e. The summed E-state index contributed by atoms with van der Waals surface area (Å²) in [6, 6.07) is 0. The van der Waals surface area contributed by atoms with Crippen LogP contribution in [0.1, 0.15) is 13.3 Å². The molecule has 0 saturated carbocycles. The number of carboxylic acid groups (broad SMARTS) is 1. The maximum Gasteiger partial charge on any atom is 0.335 e. The van der Waals surface area contributed by atoms with Crippen molar-refractivity contribution >= 4 is 18.0 Å². The molecule has 0 aromatic carbocycles. The van der Waals surface area contributed by atoms with Crippen molar-refractivity contribution in [2.24, 2.45) is 0 Å². The van der Waals surface area contributed by atoms with Gasteiger partial charge in [-0.25, -0.2) is 4.79 Å². The van der Waals surface area contributed by atoms with E-state index in [1.54, 1.807) is 6.92 Å². The van der Waals surface area contributed by atoms with Gasteiger partial charge in [-0.15, -0.1) is 0 Å². The topological polar surface area (TPSA) is 46.5 Å². The summed E-state index contributed by atoms with van der Waals surface area (Å²) in [4.78, 5) is 10.4. The molecule has 0 aromatic rings. The first kappa shape index (κ1) is 7.47. The van der Waals surface area contributed by atoms with Crippen LogP contribution < -0.4 is 0 Å². The quantitative estimate of drug-likeness (QED) is 0.589. The molecule has 0 fully saturated rings. The van der Waals surface area contributed by atoms with Crippen molar-refractivity contribution in [2.75, 3.05) is 5.75 Å². The van der Waals surface area contributed by atoms with Crippen LogP contribution >= 0.6 is 12.0 Å². The van der Waals surface area contributed by atoms with Gasteiger partial charge in [-0.3, -0.25) is 0 Å². The van der Waals surface area contributed by atoms with E-state index >= 15 is 0 Å².